The molecule has 0 aliphatic carbocycles. The van der Waals surface area contributed by atoms with Gasteiger partial charge in [0.25, 0.3) is 0 Å². The highest BCUT2D eigenvalue weighted by molar-refractivity contribution is 7.89. The van der Waals surface area contributed by atoms with Gasteiger partial charge in [0.05, 0.1) is 9.79 Å². The van der Waals surface area contributed by atoms with Crippen molar-refractivity contribution in [3.05, 3.63) is 65.3 Å². The number of sulfonamides is 2. The Balaban J connectivity index is 1.51. The molecule has 13 heteroatoms. The van der Waals surface area contributed by atoms with Crippen molar-refractivity contribution in [2.24, 2.45) is 0 Å². The molecule has 4 N–H and O–H groups in total. The molecule has 4 bridgehead atoms. The van der Waals surface area contributed by atoms with E-state index in [4.69, 9.17) is 11.6 Å². The van der Waals surface area contributed by atoms with Crippen LogP contribution in [-0.4, -0.2) is 46.4 Å². The second kappa shape index (κ2) is 10.2. The van der Waals surface area contributed by atoms with E-state index in [0.29, 0.717) is 41.5 Å². The molecule has 2 heterocycles. The molecule has 0 spiro atoms. The van der Waals surface area contributed by atoms with E-state index in [-0.39, 0.29) is 28.8 Å². The van der Waals surface area contributed by atoms with Crippen LogP contribution in [0.15, 0.2) is 64.5 Å². The molecule has 3 aromatic rings. The van der Waals surface area contributed by atoms with Crippen molar-refractivity contribution in [3.8, 4) is 0 Å². The molecular weight excluding hydrogens is 500 g/mol. The van der Waals surface area contributed by atoms with Crippen LogP contribution in [0.25, 0.3) is 0 Å². The van der Waals surface area contributed by atoms with E-state index in [1.165, 1.54) is 36.4 Å². The molecule has 1 aromatic heterocycles. The third kappa shape index (κ3) is 6.02. The Hall–Kier alpha value is -2.77. The van der Waals surface area contributed by atoms with E-state index in [1.54, 1.807) is 18.3 Å². The molecule has 2 aromatic carbocycles. The van der Waals surface area contributed by atoms with Gasteiger partial charge in [-0.3, -0.25) is 0 Å². The van der Waals surface area contributed by atoms with Gasteiger partial charge in [0.1, 0.15) is 5.82 Å². The number of fused-ring (bicyclic) bond motifs is 4. The predicted molar refractivity (Wildman–Crippen MR) is 130 cm³/mol. The van der Waals surface area contributed by atoms with E-state index in [9.17, 15) is 16.8 Å². The molecule has 1 aliphatic rings. The van der Waals surface area contributed by atoms with Crippen LogP contribution >= 0.6 is 11.6 Å². The molecule has 4 rings (SSSR count). The number of hydrogen-bond donors (Lipinski definition) is 4. The first-order chi connectivity index (χ1) is 16.2. The summed E-state index contributed by atoms with van der Waals surface area (Å²) in [7, 11) is -7.31. The van der Waals surface area contributed by atoms with Crippen molar-refractivity contribution < 1.29 is 16.8 Å². The Morgan fingerprint density at radius 3 is 2.68 bits per heavy atom. The fourth-order valence-electron chi connectivity index (χ4n) is 3.28. The summed E-state index contributed by atoms with van der Waals surface area (Å²) in [6.07, 6.45) is 2.48. The maximum absolute atomic E-state index is 12.5. The van der Waals surface area contributed by atoms with Crippen LogP contribution in [0.5, 0.6) is 0 Å². The molecule has 0 unspecified atom stereocenters. The van der Waals surface area contributed by atoms with Crippen LogP contribution in [0.2, 0.25) is 5.02 Å². The largest absolute Gasteiger partial charge is 0.370 e. The molecule has 0 saturated heterocycles. The smallest absolute Gasteiger partial charge is 0.240 e. The van der Waals surface area contributed by atoms with Crippen molar-refractivity contribution >= 4 is 49.1 Å². The number of aromatic nitrogens is 2. The van der Waals surface area contributed by atoms with Crippen LogP contribution in [-0.2, 0) is 26.5 Å². The van der Waals surface area contributed by atoms with Gasteiger partial charge in [-0.1, -0.05) is 17.7 Å². The lowest BCUT2D eigenvalue weighted by atomic mass is 10.2. The van der Waals surface area contributed by atoms with Crippen molar-refractivity contribution in [2.45, 2.75) is 22.6 Å². The van der Waals surface area contributed by atoms with Crippen LogP contribution < -0.4 is 20.1 Å². The van der Waals surface area contributed by atoms with Gasteiger partial charge >= 0.3 is 0 Å². The number of hydrogen-bond acceptors (Lipinski definition) is 8. The lowest BCUT2D eigenvalue weighted by Gasteiger charge is -2.13. The van der Waals surface area contributed by atoms with Gasteiger partial charge in [0, 0.05) is 42.1 Å². The van der Waals surface area contributed by atoms with Crippen LogP contribution in [0.1, 0.15) is 12.0 Å². The molecule has 0 fully saturated rings. The maximum atomic E-state index is 12.5. The normalized spacial score (nSPS) is 15.7. The van der Waals surface area contributed by atoms with Gasteiger partial charge < -0.3 is 10.6 Å². The molecule has 180 valence electrons. The number of nitrogens with one attached hydrogen (secondary N) is 4. The average molecular weight is 523 g/mol. The number of nitrogens with zero attached hydrogens (tertiary/aromatic N) is 2. The number of benzene rings is 2. The Kier molecular flexibility index (Phi) is 7.33. The molecule has 0 atom stereocenters. The van der Waals surface area contributed by atoms with E-state index in [1.807, 2.05) is 0 Å². The van der Waals surface area contributed by atoms with Crippen molar-refractivity contribution in [3.63, 3.8) is 0 Å². The fourth-order valence-corrected chi connectivity index (χ4v) is 5.55. The second-order valence-electron chi connectivity index (χ2n) is 7.50. The third-order valence-electron chi connectivity index (χ3n) is 5.01. The molecular formula is C21H23ClN6O4S2. The lowest BCUT2D eigenvalue weighted by Crippen LogP contribution is -2.27. The highest BCUT2D eigenvalue weighted by Gasteiger charge is 2.17. The Bertz CT molecular complexity index is 1380. The highest BCUT2D eigenvalue weighted by atomic mass is 35.5. The van der Waals surface area contributed by atoms with Gasteiger partial charge in [-0.15, -0.1) is 0 Å². The summed E-state index contributed by atoms with van der Waals surface area (Å²) in [5.41, 5.74) is 1.24. The van der Waals surface area contributed by atoms with E-state index in [0.717, 1.165) is 0 Å². The lowest BCUT2D eigenvalue weighted by molar-refractivity contribution is 0.578. The summed E-state index contributed by atoms with van der Waals surface area (Å²) in [6, 6.07) is 12.3. The maximum Gasteiger partial charge on any atom is 0.240 e. The minimum atomic E-state index is -3.69. The molecule has 0 saturated carbocycles. The molecule has 0 radical (unpaired) electrons. The molecule has 0 amide bonds. The quantitative estimate of drug-likeness (QED) is 0.400. The molecule has 10 nitrogen and oxygen atoms in total. The highest BCUT2D eigenvalue weighted by Crippen LogP contribution is 2.21. The zero-order valence-electron chi connectivity index (χ0n) is 18.0. The van der Waals surface area contributed by atoms with Crippen molar-refractivity contribution in [2.75, 3.05) is 30.3 Å². The predicted octanol–water partition coefficient (Wildman–Crippen LogP) is 2.49. The van der Waals surface area contributed by atoms with Crippen LogP contribution in [0.4, 0.5) is 17.5 Å². The topological polar surface area (TPSA) is 142 Å². The zero-order valence-corrected chi connectivity index (χ0v) is 20.3. The Morgan fingerprint density at radius 2 is 1.88 bits per heavy atom. The van der Waals surface area contributed by atoms with E-state index < -0.39 is 20.0 Å². The number of anilines is 3. The number of rotatable bonds is 5. The van der Waals surface area contributed by atoms with Gasteiger partial charge in [-0.2, -0.15) is 4.98 Å². The average Bonchev–Trinajstić information content (AvgIpc) is 2.80. The van der Waals surface area contributed by atoms with Gasteiger partial charge in [0.15, 0.2) is 0 Å². The Morgan fingerprint density at radius 1 is 1.09 bits per heavy atom. The summed E-state index contributed by atoms with van der Waals surface area (Å²) in [4.78, 5) is 9.10. The van der Waals surface area contributed by atoms with Gasteiger partial charge in [-0.25, -0.2) is 31.3 Å². The van der Waals surface area contributed by atoms with Crippen molar-refractivity contribution in [1.29, 1.82) is 0 Å². The molecule has 34 heavy (non-hydrogen) atoms. The summed E-state index contributed by atoms with van der Waals surface area (Å²) in [5.74, 6) is 0.830. The van der Waals surface area contributed by atoms with Crippen LogP contribution in [0, 0.1) is 0 Å². The van der Waals surface area contributed by atoms with E-state index in [2.05, 4.69) is 30.0 Å². The standard InChI is InChI=1S/C21H23ClN6O4S2/c22-16-5-7-18(8-6-16)33(29,30)26-12-9-15-14-24-21-27-17-3-1-4-19(13-17)34(31,32)25-11-2-10-23-20(15)28-21/h1,3-8,13-14,25-26H,2,9-12H2,(H2,23,24,27,28). The van der Waals surface area contributed by atoms with Crippen LogP contribution in [0.3, 0.4) is 0 Å². The molecule has 1 aliphatic heterocycles. The summed E-state index contributed by atoms with van der Waals surface area (Å²) in [5, 5.41) is 6.66. The van der Waals surface area contributed by atoms with Gasteiger partial charge in [-0.05, 0) is 55.3 Å². The Labute approximate surface area is 203 Å². The van der Waals surface area contributed by atoms with E-state index >= 15 is 0 Å². The van der Waals surface area contributed by atoms with Crippen molar-refractivity contribution in [1.82, 2.24) is 19.4 Å². The SMILES string of the molecule is O=S1(=O)NCCCNc2nc(ncc2CCNS(=O)(=O)c2ccc(Cl)cc2)Nc2cccc1c2. The second-order valence-corrected chi connectivity index (χ2v) is 11.5. The minimum Gasteiger partial charge on any atom is -0.370 e. The minimum absolute atomic E-state index is 0.126. The fraction of sp³-hybridized carbons (Fsp3) is 0.238. The third-order valence-corrected chi connectivity index (χ3v) is 8.20. The van der Waals surface area contributed by atoms with Gasteiger partial charge in [0.2, 0.25) is 26.0 Å². The first-order valence-corrected chi connectivity index (χ1v) is 13.8. The first kappa shape index (κ1) is 24.4. The summed E-state index contributed by atoms with van der Waals surface area (Å²) < 4.78 is 55.1. The monoisotopic (exact) mass is 522 g/mol. The summed E-state index contributed by atoms with van der Waals surface area (Å²) in [6.45, 7) is 0.846. The first-order valence-electron chi connectivity index (χ1n) is 10.4. The zero-order chi connectivity index (χ0) is 24.2. The number of halogens is 1. The summed E-state index contributed by atoms with van der Waals surface area (Å²) >= 11 is 5.83.